The van der Waals surface area contributed by atoms with Gasteiger partial charge in [0.25, 0.3) is 0 Å². The van der Waals surface area contributed by atoms with Gasteiger partial charge >= 0.3 is 0 Å². The van der Waals surface area contributed by atoms with Crippen molar-refractivity contribution in [2.75, 3.05) is 71.1 Å². The number of ether oxygens (including phenoxy) is 10. The van der Waals surface area contributed by atoms with Crippen molar-refractivity contribution in [2.45, 2.75) is 222 Å². The highest BCUT2D eigenvalue weighted by Crippen LogP contribution is 2.07. The Balaban J connectivity index is -0.000000198. The van der Waals surface area contributed by atoms with E-state index in [4.69, 9.17) is 81.2 Å². The van der Waals surface area contributed by atoms with Gasteiger partial charge < -0.3 is 47.4 Å². The fourth-order valence-corrected chi connectivity index (χ4v) is 6.69. The summed E-state index contributed by atoms with van der Waals surface area (Å²) < 4.78 is 49.7. The smallest absolute Gasteiger partial charge is 0.179 e. The Labute approximate surface area is 625 Å². The van der Waals surface area contributed by atoms with Gasteiger partial charge in [-0.15, -0.1) is 62.2 Å². The summed E-state index contributed by atoms with van der Waals surface area (Å²) in [5.41, 5.74) is 3.03. The SMILES string of the molecule is C#CC(C#C)OC.C#CC(C#CC)OC.C#CC(C#CCC)OC.C#CC(C#Cc1ccccc1)OC.C#CC(CCC)OC.CC#CC(CCC)OC.CCC#CC(CCC)OC.CCC#CC(OC)C(C)C.CCCC(C#Cc1ccccc1)OC.COC(C#Cc1ccccc1)C(C)C. The lowest BCUT2D eigenvalue weighted by Gasteiger charge is -2.11. The van der Waals surface area contributed by atoms with Crippen LogP contribution in [0.15, 0.2) is 91.0 Å². The third-order valence-corrected chi connectivity index (χ3v) is 12.2. The van der Waals surface area contributed by atoms with Crippen LogP contribution in [0.2, 0.25) is 0 Å². The zero-order valence-corrected chi connectivity index (χ0v) is 66.4. The normalized spacial score (nSPS) is 11.3. The minimum atomic E-state index is -0.458. The average molecular weight is 1390 g/mol. The molecule has 10 heteroatoms. The first-order chi connectivity index (χ1) is 49.3. The van der Waals surface area contributed by atoms with Crippen molar-refractivity contribution in [1.29, 1.82) is 0 Å². The van der Waals surface area contributed by atoms with Gasteiger partial charge in [0.15, 0.2) is 24.4 Å². The third-order valence-electron chi connectivity index (χ3n) is 12.2. The lowest BCUT2D eigenvalue weighted by atomic mass is 10.1. The van der Waals surface area contributed by atoms with Gasteiger partial charge in [-0.25, -0.2) is 0 Å². The molecule has 0 aromatic heterocycles. The summed E-state index contributed by atoms with van der Waals surface area (Å²) in [6, 6.07) is 29.6. The fraction of sp³-hybridized carbons (Fsp3) is 0.500. The highest BCUT2D eigenvalue weighted by molar-refractivity contribution is 5.37. The number of methoxy groups -OCH3 is 10. The molecule has 552 valence electrons. The van der Waals surface area contributed by atoms with E-state index in [1.54, 1.807) is 63.8 Å². The van der Waals surface area contributed by atoms with Gasteiger partial charge in [-0.05, 0) is 87.8 Å². The standard InChI is InChI=1S/2C13H16O.C12H10O.2C9H16O.C8H10O.C8H14O.C7H12O.C7H8O.C6H6O/c1-11(2)13(14-3)10-9-12-7-5-4-6-8-12;1-3-7-13(14-2)11-10-12-8-5-4-6-9-12;1-3-12(13-2)10-9-11-7-5-4-6-8-11;1-5-6-7-9(10-4)8(2)3;1-4-6-8-9(10-3)7-5-2;1-4-6-7-8(5-2)9-3;1-4-6-8(9-3)7-5-2;2*1-4-6-7(5-2)8-3;1-4-6(5-2)7-3/h4-8,11,13H,1-3H3;4-6,8-9,13H,3,7H2,1-2H3;1,4-8,12H,2H3;8-9H,5H2,1-4H3;9H,4-5,7H2,1-3H3;2,8H,4H2,1,3H3;8H,4,6H2,1-3H3;2,7H,4,6H2,1,3H3;2,7H,1,3H3;1-2,6H,3H3. The molecule has 0 radical (unpaired) electrons. The molecular formula is C92H124O10. The molecule has 10 nitrogen and oxygen atoms in total. The van der Waals surface area contributed by atoms with E-state index in [0.29, 0.717) is 11.8 Å². The van der Waals surface area contributed by atoms with Crippen LogP contribution in [0.3, 0.4) is 0 Å². The van der Waals surface area contributed by atoms with Crippen LogP contribution in [0.1, 0.15) is 177 Å². The molecule has 0 N–H and O–H groups in total. The van der Waals surface area contributed by atoms with Crippen LogP contribution >= 0.6 is 0 Å². The van der Waals surface area contributed by atoms with E-state index in [0.717, 1.165) is 87.3 Å². The Bertz CT molecular complexity index is 3220. The van der Waals surface area contributed by atoms with Crippen LogP contribution in [-0.2, 0) is 47.4 Å². The number of rotatable bonds is 20. The van der Waals surface area contributed by atoms with Crippen molar-refractivity contribution < 1.29 is 47.4 Å². The van der Waals surface area contributed by atoms with E-state index in [-0.39, 0.29) is 48.8 Å². The molecule has 0 aliphatic rings. The molecule has 0 aliphatic heterocycles. The Morgan fingerprint density at radius 3 is 0.833 bits per heavy atom. The minimum Gasteiger partial charge on any atom is -0.369 e. The summed E-state index contributed by atoms with van der Waals surface area (Å²) in [6.07, 6.45) is 40.2. The van der Waals surface area contributed by atoms with Crippen LogP contribution in [0, 0.1) is 181 Å². The summed E-state index contributed by atoms with van der Waals surface area (Å²) in [7, 11) is 16.3. The monoisotopic (exact) mass is 1390 g/mol. The molecule has 0 bridgehead atoms. The average Bonchev–Trinajstić information content (AvgIpc) is 0.984. The fourth-order valence-electron chi connectivity index (χ4n) is 6.69. The molecule has 0 fully saturated rings. The molecule has 0 heterocycles. The van der Waals surface area contributed by atoms with Crippen LogP contribution < -0.4 is 0 Å². The molecular weight excluding hydrogens is 1270 g/mol. The van der Waals surface area contributed by atoms with Gasteiger partial charge in [0.2, 0.25) is 0 Å². The second-order valence-corrected chi connectivity index (χ2v) is 21.0. The topological polar surface area (TPSA) is 92.3 Å². The highest BCUT2D eigenvalue weighted by Gasteiger charge is 2.08. The lowest BCUT2D eigenvalue weighted by Crippen LogP contribution is -2.15. The van der Waals surface area contributed by atoms with Crippen LogP contribution in [0.4, 0.5) is 0 Å². The van der Waals surface area contributed by atoms with Gasteiger partial charge in [0, 0.05) is 107 Å². The summed E-state index contributed by atoms with van der Waals surface area (Å²) in [6.45, 7) is 26.5. The van der Waals surface area contributed by atoms with Gasteiger partial charge in [0.1, 0.15) is 36.6 Å². The van der Waals surface area contributed by atoms with Crippen LogP contribution in [0.5, 0.6) is 0 Å². The molecule has 0 amide bonds. The van der Waals surface area contributed by atoms with Crippen molar-refractivity contribution >= 4 is 0 Å². The van der Waals surface area contributed by atoms with Crippen molar-refractivity contribution in [3.63, 3.8) is 0 Å². The number of hydrogen-bond donors (Lipinski definition) is 0. The maximum absolute atomic E-state index is 5.26. The summed E-state index contributed by atoms with van der Waals surface area (Å²) in [4.78, 5) is 0. The molecule has 3 aromatic carbocycles. The predicted octanol–water partition coefficient (Wildman–Crippen LogP) is 16.8. The second kappa shape index (κ2) is 86.3. The Kier molecular flexibility index (Phi) is 90.2. The Hall–Kier alpha value is -8.90. The first-order valence-corrected chi connectivity index (χ1v) is 34.3. The van der Waals surface area contributed by atoms with E-state index in [1.807, 2.05) is 119 Å². The highest BCUT2D eigenvalue weighted by atomic mass is 16.5. The van der Waals surface area contributed by atoms with E-state index < -0.39 is 12.2 Å². The van der Waals surface area contributed by atoms with Crippen molar-refractivity contribution in [3.05, 3.63) is 108 Å². The van der Waals surface area contributed by atoms with E-state index in [9.17, 15) is 0 Å². The molecule has 0 aliphatic carbocycles. The number of hydrogen-bond acceptors (Lipinski definition) is 10. The van der Waals surface area contributed by atoms with E-state index in [2.05, 4.69) is 190 Å². The molecule has 102 heavy (non-hydrogen) atoms. The number of terminal acetylenes is 6. The summed E-state index contributed by atoms with van der Waals surface area (Å²) in [5.74, 6) is 62.1. The van der Waals surface area contributed by atoms with Crippen molar-refractivity contribution in [2.24, 2.45) is 11.8 Å². The van der Waals surface area contributed by atoms with E-state index in [1.165, 1.54) is 14.2 Å². The van der Waals surface area contributed by atoms with Gasteiger partial charge in [-0.2, -0.15) is 0 Å². The molecule has 0 saturated heterocycles. The van der Waals surface area contributed by atoms with Crippen molar-refractivity contribution in [1.82, 2.24) is 0 Å². The quantitative estimate of drug-likeness (QED) is 0.102. The van der Waals surface area contributed by atoms with Crippen molar-refractivity contribution in [3.8, 4) is 169 Å². The summed E-state index contributed by atoms with van der Waals surface area (Å²) >= 11 is 0. The predicted molar refractivity (Wildman–Crippen MR) is 431 cm³/mol. The number of benzene rings is 3. The van der Waals surface area contributed by atoms with Crippen LogP contribution in [-0.4, -0.2) is 132 Å². The molecule has 9 atom stereocenters. The zero-order chi connectivity index (χ0) is 78.7. The van der Waals surface area contributed by atoms with Gasteiger partial charge in [-0.3, -0.25) is 0 Å². The third kappa shape index (κ3) is 73.8. The lowest BCUT2D eigenvalue weighted by molar-refractivity contribution is 0.111. The zero-order valence-electron chi connectivity index (χ0n) is 66.4. The maximum Gasteiger partial charge on any atom is 0.179 e. The maximum atomic E-state index is 5.26. The Morgan fingerprint density at radius 1 is 0.284 bits per heavy atom. The largest absolute Gasteiger partial charge is 0.369 e. The molecule has 3 aromatic rings. The molecule has 9 unspecified atom stereocenters. The molecule has 0 saturated carbocycles. The molecule has 0 spiro atoms. The first-order valence-electron chi connectivity index (χ1n) is 34.3. The van der Waals surface area contributed by atoms with Gasteiger partial charge in [-0.1, -0.05) is 263 Å². The van der Waals surface area contributed by atoms with Gasteiger partial charge in [0.05, 0.1) is 0 Å². The summed E-state index contributed by atoms with van der Waals surface area (Å²) in [5, 5.41) is 0. The minimum absolute atomic E-state index is 0.0233. The molecule has 3 rings (SSSR count). The first kappa shape index (κ1) is 107. The van der Waals surface area contributed by atoms with E-state index >= 15 is 0 Å². The Morgan fingerprint density at radius 2 is 0.569 bits per heavy atom. The second-order valence-electron chi connectivity index (χ2n) is 21.0. The van der Waals surface area contributed by atoms with Crippen LogP contribution in [0.25, 0.3) is 0 Å².